The number of hydrogen-bond donors (Lipinski definition) is 2. The van der Waals surface area contributed by atoms with Gasteiger partial charge in [0.05, 0.1) is 38.2 Å². The van der Waals surface area contributed by atoms with E-state index < -0.39 is 0 Å². The first kappa shape index (κ1) is 16.3. The van der Waals surface area contributed by atoms with Crippen LogP contribution < -0.4 is 10.6 Å². The molecule has 1 unspecified atom stereocenters. The minimum Gasteiger partial charge on any atom is -0.467 e. The number of hydrogen-bond acceptors (Lipinski definition) is 5. The van der Waals surface area contributed by atoms with Gasteiger partial charge in [-0.1, -0.05) is 0 Å². The largest absolute Gasteiger partial charge is 0.467 e. The van der Waals surface area contributed by atoms with Crippen LogP contribution in [-0.4, -0.2) is 35.8 Å². The molecule has 3 heterocycles. The molecule has 2 aromatic heterocycles. The zero-order chi connectivity index (χ0) is 16.8. The minimum atomic E-state index is -0.269. The second kappa shape index (κ2) is 7.83. The third-order valence-electron chi connectivity index (χ3n) is 4.07. The quantitative estimate of drug-likeness (QED) is 0.798. The van der Waals surface area contributed by atoms with E-state index in [0.717, 1.165) is 19.4 Å². The lowest BCUT2D eigenvalue weighted by Crippen LogP contribution is -2.46. The molecule has 1 atom stereocenters. The molecule has 128 valence electrons. The third-order valence-corrected chi connectivity index (χ3v) is 4.07. The van der Waals surface area contributed by atoms with Gasteiger partial charge < -0.3 is 19.5 Å². The van der Waals surface area contributed by atoms with Crippen molar-refractivity contribution >= 4 is 11.8 Å². The van der Waals surface area contributed by atoms with Gasteiger partial charge in [0.1, 0.15) is 11.5 Å². The third kappa shape index (κ3) is 4.26. The van der Waals surface area contributed by atoms with Crippen LogP contribution in [-0.2, 0) is 22.7 Å². The Morgan fingerprint density at radius 1 is 1.08 bits per heavy atom. The van der Waals surface area contributed by atoms with Crippen LogP contribution in [0.2, 0.25) is 0 Å². The monoisotopic (exact) mass is 331 g/mol. The molecule has 2 amide bonds. The van der Waals surface area contributed by atoms with Crippen molar-refractivity contribution in [3.05, 3.63) is 48.3 Å². The van der Waals surface area contributed by atoms with E-state index in [1.54, 1.807) is 30.7 Å². The maximum atomic E-state index is 12.3. The van der Waals surface area contributed by atoms with E-state index in [4.69, 9.17) is 8.83 Å². The number of carbonyl (C=O) groups is 2. The zero-order valence-electron chi connectivity index (χ0n) is 13.4. The highest BCUT2D eigenvalue weighted by Crippen LogP contribution is 2.17. The Hall–Kier alpha value is -2.54. The first-order valence-corrected chi connectivity index (χ1v) is 8.05. The number of carbonyl (C=O) groups excluding carboxylic acids is 2. The molecule has 7 heteroatoms. The van der Waals surface area contributed by atoms with Gasteiger partial charge in [-0.2, -0.15) is 0 Å². The SMILES string of the molecule is O=C(CN1CCCC1C(=O)NCc1ccco1)NCc1ccco1. The number of rotatable bonds is 7. The topological polar surface area (TPSA) is 87.7 Å². The molecule has 0 aliphatic carbocycles. The van der Waals surface area contributed by atoms with E-state index in [2.05, 4.69) is 10.6 Å². The number of nitrogens with zero attached hydrogens (tertiary/aromatic N) is 1. The van der Waals surface area contributed by atoms with Gasteiger partial charge in [-0.3, -0.25) is 14.5 Å². The summed E-state index contributed by atoms with van der Waals surface area (Å²) in [4.78, 5) is 26.3. The van der Waals surface area contributed by atoms with E-state index in [1.165, 1.54) is 0 Å². The van der Waals surface area contributed by atoms with Crippen LogP contribution >= 0.6 is 0 Å². The Kier molecular flexibility index (Phi) is 5.32. The summed E-state index contributed by atoms with van der Waals surface area (Å²) in [7, 11) is 0. The van der Waals surface area contributed by atoms with Crippen molar-refractivity contribution in [2.45, 2.75) is 32.0 Å². The second-order valence-electron chi connectivity index (χ2n) is 5.78. The highest BCUT2D eigenvalue weighted by molar-refractivity contribution is 5.84. The summed E-state index contributed by atoms with van der Waals surface area (Å²) >= 11 is 0. The van der Waals surface area contributed by atoms with E-state index in [1.807, 2.05) is 11.0 Å². The van der Waals surface area contributed by atoms with Gasteiger partial charge in [-0.15, -0.1) is 0 Å². The molecule has 0 bridgehead atoms. The summed E-state index contributed by atoms with van der Waals surface area (Å²) in [5.74, 6) is 1.24. The Bertz CT molecular complexity index is 651. The van der Waals surface area contributed by atoms with Crippen molar-refractivity contribution in [3.63, 3.8) is 0 Å². The van der Waals surface area contributed by atoms with E-state index in [0.29, 0.717) is 24.6 Å². The molecule has 24 heavy (non-hydrogen) atoms. The van der Waals surface area contributed by atoms with Crippen molar-refractivity contribution < 1.29 is 18.4 Å². The summed E-state index contributed by atoms with van der Waals surface area (Å²) in [6.45, 7) is 1.67. The summed E-state index contributed by atoms with van der Waals surface area (Å²) < 4.78 is 10.4. The molecule has 2 aromatic rings. The average Bonchev–Trinajstić information content (AvgIpc) is 3.32. The summed E-state index contributed by atoms with van der Waals surface area (Å²) in [6.07, 6.45) is 4.81. The molecule has 0 radical (unpaired) electrons. The van der Waals surface area contributed by atoms with Crippen LogP contribution in [0.15, 0.2) is 45.6 Å². The standard InChI is InChI=1S/C17H21N3O4/c21-16(18-10-13-4-2-8-23-13)12-20-7-1-6-15(20)17(22)19-11-14-5-3-9-24-14/h2-5,8-9,15H,1,6-7,10-12H2,(H,18,21)(H,19,22). The fourth-order valence-electron chi connectivity index (χ4n) is 2.86. The summed E-state index contributed by atoms with van der Waals surface area (Å²) in [5, 5.41) is 5.67. The van der Waals surface area contributed by atoms with Gasteiger partial charge in [0.25, 0.3) is 0 Å². The molecule has 1 saturated heterocycles. The second-order valence-corrected chi connectivity index (χ2v) is 5.78. The van der Waals surface area contributed by atoms with Crippen molar-refractivity contribution in [2.75, 3.05) is 13.1 Å². The maximum Gasteiger partial charge on any atom is 0.237 e. The molecule has 3 rings (SSSR count). The van der Waals surface area contributed by atoms with Gasteiger partial charge in [-0.05, 0) is 43.7 Å². The van der Waals surface area contributed by atoms with Crippen molar-refractivity contribution in [3.8, 4) is 0 Å². The number of nitrogens with one attached hydrogen (secondary N) is 2. The fraction of sp³-hybridized carbons (Fsp3) is 0.412. The number of amides is 2. The average molecular weight is 331 g/mol. The Balaban J connectivity index is 1.45. The van der Waals surface area contributed by atoms with Gasteiger partial charge >= 0.3 is 0 Å². The normalized spacial score (nSPS) is 17.8. The van der Waals surface area contributed by atoms with Crippen molar-refractivity contribution in [2.24, 2.45) is 0 Å². The van der Waals surface area contributed by atoms with Crippen LogP contribution in [0.4, 0.5) is 0 Å². The van der Waals surface area contributed by atoms with Gasteiger partial charge in [0.15, 0.2) is 0 Å². The predicted molar refractivity (Wildman–Crippen MR) is 85.7 cm³/mol. The van der Waals surface area contributed by atoms with Gasteiger partial charge in [-0.25, -0.2) is 0 Å². The minimum absolute atomic E-state index is 0.0669. The van der Waals surface area contributed by atoms with Gasteiger partial charge in [0.2, 0.25) is 11.8 Å². The lowest BCUT2D eigenvalue weighted by molar-refractivity contribution is -0.128. The highest BCUT2D eigenvalue weighted by atomic mass is 16.3. The molecule has 0 aromatic carbocycles. The molecule has 1 aliphatic heterocycles. The zero-order valence-corrected chi connectivity index (χ0v) is 13.4. The molecular weight excluding hydrogens is 310 g/mol. The van der Waals surface area contributed by atoms with Crippen molar-refractivity contribution in [1.82, 2.24) is 15.5 Å². The lowest BCUT2D eigenvalue weighted by atomic mass is 10.2. The van der Waals surface area contributed by atoms with Crippen LogP contribution in [0.25, 0.3) is 0 Å². The van der Waals surface area contributed by atoms with Crippen LogP contribution in [0.5, 0.6) is 0 Å². The van der Waals surface area contributed by atoms with E-state index in [9.17, 15) is 9.59 Å². The molecule has 0 spiro atoms. The lowest BCUT2D eigenvalue weighted by Gasteiger charge is -2.22. The number of furan rings is 2. The highest BCUT2D eigenvalue weighted by Gasteiger charge is 2.31. The summed E-state index contributed by atoms with van der Waals surface area (Å²) in [5.41, 5.74) is 0. The first-order valence-electron chi connectivity index (χ1n) is 8.05. The fourth-order valence-corrected chi connectivity index (χ4v) is 2.86. The van der Waals surface area contributed by atoms with E-state index >= 15 is 0 Å². The van der Waals surface area contributed by atoms with Gasteiger partial charge in [0, 0.05) is 0 Å². The molecular formula is C17H21N3O4. The van der Waals surface area contributed by atoms with Crippen LogP contribution in [0, 0.1) is 0 Å². The first-order chi connectivity index (χ1) is 11.7. The molecule has 0 saturated carbocycles. The molecule has 2 N–H and O–H groups in total. The Morgan fingerprint density at radius 2 is 1.75 bits per heavy atom. The predicted octanol–water partition coefficient (Wildman–Crippen LogP) is 1.27. The smallest absolute Gasteiger partial charge is 0.237 e. The molecule has 7 nitrogen and oxygen atoms in total. The Morgan fingerprint density at radius 3 is 2.38 bits per heavy atom. The van der Waals surface area contributed by atoms with Crippen molar-refractivity contribution in [1.29, 1.82) is 0 Å². The maximum absolute atomic E-state index is 12.3. The number of likely N-dealkylation sites (tertiary alicyclic amines) is 1. The summed E-state index contributed by atoms with van der Waals surface area (Å²) in [6, 6.07) is 6.92. The van der Waals surface area contributed by atoms with Crippen LogP contribution in [0.1, 0.15) is 24.4 Å². The van der Waals surface area contributed by atoms with Crippen LogP contribution in [0.3, 0.4) is 0 Å². The Labute approximate surface area is 140 Å². The van der Waals surface area contributed by atoms with E-state index in [-0.39, 0.29) is 24.4 Å². The molecule has 1 fully saturated rings. The molecule has 1 aliphatic rings.